The highest BCUT2D eigenvalue weighted by Crippen LogP contribution is 2.32. The zero-order valence-electron chi connectivity index (χ0n) is 9.33. The number of nitrogens with one attached hydrogen (secondary N) is 2. The van der Waals surface area contributed by atoms with Crippen molar-refractivity contribution in [2.75, 3.05) is 17.2 Å². The Morgan fingerprint density at radius 1 is 1.40 bits per heavy atom. The monoisotopic (exact) mass is 206 g/mol. The summed E-state index contributed by atoms with van der Waals surface area (Å²) in [7, 11) is 0. The van der Waals surface area contributed by atoms with E-state index in [1.54, 1.807) is 12.4 Å². The van der Waals surface area contributed by atoms with Crippen molar-refractivity contribution >= 4 is 11.6 Å². The Morgan fingerprint density at radius 2 is 2.13 bits per heavy atom. The van der Waals surface area contributed by atoms with Gasteiger partial charge in [0.2, 0.25) is 0 Å². The summed E-state index contributed by atoms with van der Waals surface area (Å²) in [5.74, 6) is 2.51. The lowest BCUT2D eigenvalue weighted by Gasteiger charge is -2.07. The Labute approximate surface area is 90.5 Å². The molecule has 1 aromatic heterocycles. The zero-order chi connectivity index (χ0) is 10.7. The molecule has 4 nitrogen and oxygen atoms in total. The lowest BCUT2D eigenvalue weighted by Crippen LogP contribution is -2.08. The molecule has 1 fully saturated rings. The molecule has 15 heavy (non-hydrogen) atoms. The third-order valence-corrected chi connectivity index (χ3v) is 2.63. The van der Waals surface area contributed by atoms with Gasteiger partial charge in [-0.2, -0.15) is 0 Å². The highest BCUT2D eigenvalue weighted by molar-refractivity contribution is 5.43. The average Bonchev–Trinajstić information content (AvgIpc) is 2.92. The minimum atomic E-state index is 0.598. The molecule has 0 aromatic carbocycles. The van der Waals surface area contributed by atoms with Gasteiger partial charge in [0.1, 0.15) is 11.6 Å². The van der Waals surface area contributed by atoms with Gasteiger partial charge in [-0.05, 0) is 18.8 Å². The summed E-state index contributed by atoms with van der Waals surface area (Å²) in [6.07, 6.45) is 5.88. The van der Waals surface area contributed by atoms with Crippen LogP contribution >= 0.6 is 0 Å². The molecular weight excluding hydrogens is 188 g/mol. The summed E-state index contributed by atoms with van der Waals surface area (Å²) in [6, 6.07) is 0.598. The van der Waals surface area contributed by atoms with E-state index >= 15 is 0 Å². The zero-order valence-corrected chi connectivity index (χ0v) is 9.33. The Kier molecular flexibility index (Phi) is 3.04. The summed E-state index contributed by atoms with van der Waals surface area (Å²) in [6.45, 7) is 5.32. The number of hydrogen-bond donors (Lipinski definition) is 2. The lowest BCUT2D eigenvalue weighted by atomic mass is 10.4. The molecule has 0 spiro atoms. The number of hydrogen-bond acceptors (Lipinski definition) is 4. The van der Waals surface area contributed by atoms with Gasteiger partial charge in [-0.3, -0.25) is 4.98 Å². The molecule has 1 aliphatic rings. The molecule has 0 saturated heterocycles. The third-order valence-electron chi connectivity index (χ3n) is 2.63. The van der Waals surface area contributed by atoms with Crippen LogP contribution in [0.15, 0.2) is 12.4 Å². The second-order valence-electron chi connectivity index (χ2n) is 4.18. The summed E-state index contributed by atoms with van der Waals surface area (Å²) in [5.41, 5.74) is 0. The van der Waals surface area contributed by atoms with Crippen molar-refractivity contribution < 1.29 is 0 Å². The van der Waals surface area contributed by atoms with E-state index in [1.165, 1.54) is 6.42 Å². The number of rotatable bonds is 5. The van der Waals surface area contributed by atoms with Gasteiger partial charge in [0.15, 0.2) is 0 Å². The topological polar surface area (TPSA) is 49.8 Å². The maximum Gasteiger partial charge on any atom is 0.147 e. The lowest BCUT2D eigenvalue weighted by molar-refractivity contribution is 0.918. The van der Waals surface area contributed by atoms with Gasteiger partial charge in [0.05, 0.1) is 12.4 Å². The average molecular weight is 206 g/mol. The van der Waals surface area contributed by atoms with Crippen LogP contribution in [0.5, 0.6) is 0 Å². The van der Waals surface area contributed by atoms with Gasteiger partial charge in [0.25, 0.3) is 0 Å². The van der Waals surface area contributed by atoms with Crippen LogP contribution in [0, 0.1) is 5.92 Å². The van der Waals surface area contributed by atoms with Crippen molar-refractivity contribution in [2.24, 2.45) is 5.92 Å². The molecule has 82 valence electrons. The van der Waals surface area contributed by atoms with Crippen LogP contribution in [0.3, 0.4) is 0 Å². The van der Waals surface area contributed by atoms with Crippen LogP contribution < -0.4 is 10.6 Å². The fourth-order valence-electron chi connectivity index (χ4n) is 1.49. The molecular formula is C11H18N4. The molecule has 1 heterocycles. The molecule has 0 radical (unpaired) electrons. The molecule has 2 atom stereocenters. The van der Waals surface area contributed by atoms with Crippen LogP contribution in [0.25, 0.3) is 0 Å². The smallest absolute Gasteiger partial charge is 0.147 e. The summed E-state index contributed by atoms with van der Waals surface area (Å²) in [5, 5.41) is 6.59. The molecule has 2 unspecified atom stereocenters. The number of anilines is 2. The van der Waals surface area contributed by atoms with E-state index in [-0.39, 0.29) is 0 Å². The molecule has 0 amide bonds. The first-order valence-corrected chi connectivity index (χ1v) is 5.62. The molecule has 0 aliphatic heterocycles. The molecule has 2 N–H and O–H groups in total. The van der Waals surface area contributed by atoms with Crippen LogP contribution in [-0.4, -0.2) is 22.6 Å². The molecule has 4 heteroatoms. The Balaban J connectivity index is 1.93. The number of aromatic nitrogens is 2. The first-order valence-electron chi connectivity index (χ1n) is 5.62. The van der Waals surface area contributed by atoms with Crippen molar-refractivity contribution in [2.45, 2.75) is 32.7 Å². The fraction of sp³-hybridized carbons (Fsp3) is 0.636. The van der Waals surface area contributed by atoms with Gasteiger partial charge in [-0.25, -0.2) is 4.98 Å². The van der Waals surface area contributed by atoms with Crippen LogP contribution in [-0.2, 0) is 0 Å². The quantitative estimate of drug-likeness (QED) is 0.774. The van der Waals surface area contributed by atoms with E-state index in [4.69, 9.17) is 0 Å². The van der Waals surface area contributed by atoms with E-state index in [2.05, 4.69) is 34.4 Å². The minimum absolute atomic E-state index is 0.598. The highest BCUT2D eigenvalue weighted by atomic mass is 15.1. The predicted molar refractivity (Wildman–Crippen MR) is 62.0 cm³/mol. The highest BCUT2D eigenvalue weighted by Gasteiger charge is 2.32. The summed E-state index contributed by atoms with van der Waals surface area (Å²) >= 11 is 0. The van der Waals surface area contributed by atoms with E-state index < -0.39 is 0 Å². The first kappa shape index (κ1) is 10.2. The van der Waals surface area contributed by atoms with E-state index in [9.17, 15) is 0 Å². The summed E-state index contributed by atoms with van der Waals surface area (Å²) in [4.78, 5) is 8.60. The molecule has 1 aliphatic carbocycles. The Bertz CT molecular complexity index is 326. The van der Waals surface area contributed by atoms with E-state index in [1.807, 2.05) is 0 Å². The first-order chi connectivity index (χ1) is 7.29. The van der Waals surface area contributed by atoms with Gasteiger partial charge < -0.3 is 10.6 Å². The second kappa shape index (κ2) is 4.47. The maximum absolute atomic E-state index is 4.44. The SMILES string of the molecule is CCCNc1cncc(NC2CC2C)n1. The standard InChI is InChI=1S/C11H18N4/c1-3-4-13-10-6-12-7-11(15-10)14-9-5-8(9)2/h6-9H,3-5H2,1-2H3,(H2,13,14,15). The Hall–Kier alpha value is -1.32. The van der Waals surface area contributed by atoms with Gasteiger partial charge in [-0.15, -0.1) is 0 Å². The normalized spacial score (nSPS) is 23.6. The van der Waals surface area contributed by atoms with Gasteiger partial charge in [0, 0.05) is 12.6 Å². The van der Waals surface area contributed by atoms with Crippen LogP contribution in [0.4, 0.5) is 11.6 Å². The predicted octanol–water partition coefficient (Wildman–Crippen LogP) is 2.12. The fourth-order valence-corrected chi connectivity index (χ4v) is 1.49. The van der Waals surface area contributed by atoms with Gasteiger partial charge in [-0.1, -0.05) is 13.8 Å². The molecule has 1 aromatic rings. The molecule has 1 saturated carbocycles. The Morgan fingerprint density at radius 3 is 2.80 bits per heavy atom. The second-order valence-corrected chi connectivity index (χ2v) is 4.18. The maximum atomic E-state index is 4.44. The third kappa shape index (κ3) is 2.81. The van der Waals surface area contributed by atoms with Crippen molar-refractivity contribution in [3.05, 3.63) is 12.4 Å². The van der Waals surface area contributed by atoms with E-state index in [0.717, 1.165) is 30.5 Å². The molecule has 2 rings (SSSR count). The van der Waals surface area contributed by atoms with Crippen LogP contribution in [0.1, 0.15) is 26.7 Å². The number of nitrogens with zero attached hydrogens (tertiary/aromatic N) is 2. The van der Waals surface area contributed by atoms with Gasteiger partial charge >= 0.3 is 0 Å². The summed E-state index contributed by atoms with van der Waals surface area (Å²) < 4.78 is 0. The van der Waals surface area contributed by atoms with Crippen molar-refractivity contribution in [3.8, 4) is 0 Å². The van der Waals surface area contributed by atoms with Crippen molar-refractivity contribution in [3.63, 3.8) is 0 Å². The van der Waals surface area contributed by atoms with Crippen LogP contribution in [0.2, 0.25) is 0 Å². The van der Waals surface area contributed by atoms with Crippen molar-refractivity contribution in [1.82, 2.24) is 9.97 Å². The van der Waals surface area contributed by atoms with Crippen molar-refractivity contribution in [1.29, 1.82) is 0 Å². The van der Waals surface area contributed by atoms with E-state index in [0.29, 0.717) is 6.04 Å². The minimum Gasteiger partial charge on any atom is -0.369 e. The largest absolute Gasteiger partial charge is 0.369 e. The molecule has 0 bridgehead atoms.